The van der Waals surface area contributed by atoms with Crippen LogP contribution in [-0.4, -0.2) is 16.0 Å². The molecule has 2 aromatic heterocycles. The molecule has 0 aliphatic heterocycles. The normalized spacial score (nSPS) is 12.0. The van der Waals surface area contributed by atoms with E-state index in [9.17, 15) is 18.0 Å². The summed E-state index contributed by atoms with van der Waals surface area (Å²) >= 11 is 1.29. The van der Waals surface area contributed by atoms with E-state index in [1.54, 1.807) is 12.1 Å². The third-order valence-corrected chi connectivity index (χ3v) is 6.69. The zero-order valence-corrected chi connectivity index (χ0v) is 20.0. The van der Waals surface area contributed by atoms with E-state index < -0.39 is 11.7 Å². The van der Waals surface area contributed by atoms with E-state index in [-0.39, 0.29) is 17.4 Å². The van der Waals surface area contributed by atoms with Crippen molar-refractivity contribution in [1.29, 1.82) is 0 Å². The zero-order chi connectivity index (χ0) is 24.6. The van der Waals surface area contributed by atoms with Gasteiger partial charge in [-0.25, -0.2) is 4.98 Å². The van der Waals surface area contributed by atoms with Crippen molar-refractivity contribution in [3.8, 4) is 10.6 Å². The van der Waals surface area contributed by atoms with Crippen LogP contribution in [0.25, 0.3) is 21.5 Å². The monoisotopic (exact) mass is 487 g/mol. The van der Waals surface area contributed by atoms with Gasteiger partial charge in [-0.1, -0.05) is 37.2 Å². The van der Waals surface area contributed by atoms with Crippen LogP contribution in [0, 0.1) is 6.92 Å². The first-order valence-electron chi connectivity index (χ1n) is 10.9. The van der Waals surface area contributed by atoms with Crippen LogP contribution in [0.3, 0.4) is 0 Å². The maximum Gasteiger partial charge on any atom is 0.417 e. The van der Waals surface area contributed by atoms with Crippen molar-refractivity contribution in [1.82, 2.24) is 10.1 Å². The molecular formula is C25H24F3N3O2S. The Kier molecular flexibility index (Phi) is 6.49. The Morgan fingerprint density at radius 2 is 1.91 bits per heavy atom. The number of anilines is 1. The van der Waals surface area contributed by atoms with Gasteiger partial charge in [-0.05, 0) is 43.4 Å². The lowest BCUT2D eigenvalue weighted by molar-refractivity contribution is -0.137. The Balaban J connectivity index is 1.65. The number of amides is 1. The molecule has 34 heavy (non-hydrogen) atoms. The first-order chi connectivity index (χ1) is 16.0. The number of hydrogen-bond acceptors (Lipinski definition) is 5. The maximum atomic E-state index is 13.5. The fourth-order valence-electron chi connectivity index (χ4n) is 3.90. The maximum absolute atomic E-state index is 13.5. The Bertz CT molecular complexity index is 1360. The number of hydrogen-bond donors (Lipinski definition) is 1. The molecule has 9 heteroatoms. The van der Waals surface area contributed by atoms with Crippen LogP contribution in [0.5, 0.6) is 0 Å². The van der Waals surface area contributed by atoms with Crippen LogP contribution in [0.1, 0.15) is 54.1 Å². The fourth-order valence-corrected chi connectivity index (χ4v) is 5.16. The van der Waals surface area contributed by atoms with Crippen LogP contribution >= 0.6 is 11.3 Å². The summed E-state index contributed by atoms with van der Waals surface area (Å²) in [6, 6.07) is 9.22. The van der Waals surface area contributed by atoms with E-state index in [4.69, 9.17) is 4.52 Å². The van der Waals surface area contributed by atoms with E-state index in [2.05, 4.69) is 15.5 Å². The van der Waals surface area contributed by atoms with Gasteiger partial charge in [0.1, 0.15) is 5.01 Å². The third kappa shape index (κ3) is 4.84. The van der Waals surface area contributed by atoms with Gasteiger partial charge in [-0.15, -0.1) is 11.3 Å². The Hall–Kier alpha value is -3.20. The first kappa shape index (κ1) is 23.9. The summed E-state index contributed by atoms with van der Waals surface area (Å²) in [5.41, 5.74) is 3.10. The average molecular weight is 488 g/mol. The summed E-state index contributed by atoms with van der Waals surface area (Å²) < 4.78 is 46.1. The molecule has 178 valence electrons. The van der Waals surface area contributed by atoms with Gasteiger partial charge in [0.15, 0.2) is 5.58 Å². The minimum Gasteiger partial charge on any atom is -0.356 e. The molecule has 0 aliphatic rings. The number of carbonyl (C=O) groups is 1. The smallest absolute Gasteiger partial charge is 0.356 e. The molecule has 0 unspecified atom stereocenters. The highest BCUT2D eigenvalue weighted by atomic mass is 32.1. The van der Waals surface area contributed by atoms with Crippen LogP contribution in [0.4, 0.5) is 18.9 Å². The molecular weight excluding hydrogens is 463 g/mol. The molecule has 0 fully saturated rings. The second-order valence-corrected chi connectivity index (χ2v) is 9.58. The molecule has 0 saturated carbocycles. The molecule has 2 heterocycles. The predicted octanol–water partition coefficient (Wildman–Crippen LogP) is 7.15. The molecule has 0 bridgehead atoms. The number of thiazole rings is 1. The average Bonchev–Trinajstić information content (AvgIpc) is 3.35. The number of aromatic nitrogens is 2. The molecule has 1 N–H and O–H groups in total. The van der Waals surface area contributed by atoms with Gasteiger partial charge in [-0.2, -0.15) is 13.2 Å². The highest BCUT2D eigenvalue weighted by molar-refractivity contribution is 7.15. The van der Waals surface area contributed by atoms with Gasteiger partial charge in [0.05, 0.1) is 17.0 Å². The van der Waals surface area contributed by atoms with Crippen molar-refractivity contribution in [2.24, 2.45) is 0 Å². The van der Waals surface area contributed by atoms with Crippen LogP contribution in [-0.2, 0) is 23.8 Å². The molecule has 4 rings (SSSR count). The largest absolute Gasteiger partial charge is 0.417 e. The molecule has 0 saturated heterocycles. The lowest BCUT2D eigenvalue weighted by atomic mass is 10.0. The second-order valence-electron chi connectivity index (χ2n) is 8.50. The summed E-state index contributed by atoms with van der Waals surface area (Å²) in [4.78, 5) is 16.9. The van der Waals surface area contributed by atoms with Gasteiger partial charge in [0.25, 0.3) is 0 Å². The summed E-state index contributed by atoms with van der Waals surface area (Å²) in [5, 5.41) is 8.20. The standard InChI is InChI=1S/C25H24F3N3O2S/c1-13(2)23-22(34-24(30-23)16-7-5-6-8-18(16)25(26,27)28)10-9-19-17-11-14(3)20(29-15(4)32)12-21(17)33-31-19/h5-8,11-13H,9-10H2,1-4H3,(H,29,32). The minimum atomic E-state index is -4.45. The second kappa shape index (κ2) is 9.21. The zero-order valence-electron chi connectivity index (χ0n) is 19.2. The van der Waals surface area contributed by atoms with Crippen molar-refractivity contribution in [2.45, 2.75) is 52.6 Å². The summed E-state index contributed by atoms with van der Waals surface area (Å²) in [6.07, 6.45) is -3.32. The number of alkyl halides is 3. The highest BCUT2D eigenvalue weighted by Gasteiger charge is 2.34. The summed E-state index contributed by atoms with van der Waals surface area (Å²) in [6.45, 7) is 7.30. The van der Waals surface area contributed by atoms with Crippen molar-refractivity contribution in [3.63, 3.8) is 0 Å². The molecule has 0 aliphatic carbocycles. The Labute approximate surface area is 199 Å². The quantitative estimate of drug-likeness (QED) is 0.314. The minimum absolute atomic E-state index is 0.0644. The van der Waals surface area contributed by atoms with Crippen molar-refractivity contribution < 1.29 is 22.5 Å². The molecule has 0 atom stereocenters. The van der Waals surface area contributed by atoms with E-state index in [1.165, 1.54) is 30.4 Å². The fraction of sp³-hybridized carbons (Fsp3) is 0.320. The molecule has 4 aromatic rings. The number of halogens is 3. The van der Waals surface area contributed by atoms with E-state index in [1.807, 2.05) is 26.8 Å². The number of rotatable bonds is 6. The Morgan fingerprint density at radius 3 is 2.59 bits per heavy atom. The molecule has 0 spiro atoms. The lowest BCUT2D eigenvalue weighted by Crippen LogP contribution is -2.06. The lowest BCUT2D eigenvalue weighted by Gasteiger charge is -2.10. The summed E-state index contributed by atoms with van der Waals surface area (Å²) in [7, 11) is 0. The van der Waals surface area contributed by atoms with E-state index in [0.29, 0.717) is 29.1 Å². The van der Waals surface area contributed by atoms with Gasteiger partial charge >= 0.3 is 6.18 Å². The third-order valence-electron chi connectivity index (χ3n) is 5.53. The van der Waals surface area contributed by atoms with Gasteiger partial charge in [-0.3, -0.25) is 4.79 Å². The predicted molar refractivity (Wildman–Crippen MR) is 127 cm³/mol. The van der Waals surface area contributed by atoms with Crippen molar-refractivity contribution >= 4 is 33.9 Å². The van der Waals surface area contributed by atoms with Crippen LogP contribution in [0.2, 0.25) is 0 Å². The van der Waals surface area contributed by atoms with Gasteiger partial charge < -0.3 is 9.84 Å². The molecule has 5 nitrogen and oxygen atoms in total. The Morgan fingerprint density at radius 1 is 1.18 bits per heavy atom. The number of nitrogens with one attached hydrogen (secondary N) is 1. The molecule has 2 aromatic carbocycles. The number of nitrogens with zero attached hydrogens (tertiary/aromatic N) is 2. The highest BCUT2D eigenvalue weighted by Crippen LogP contribution is 2.40. The van der Waals surface area contributed by atoms with E-state index in [0.717, 1.165) is 33.3 Å². The first-order valence-corrected chi connectivity index (χ1v) is 11.7. The van der Waals surface area contributed by atoms with Crippen molar-refractivity contribution in [3.05, 3.63) is 63.8 Å². The van der Waals surface area contributed by atoms with Gasteiger partial charge in [0.2, 0.25) is 5.91 Å². The number of carbonyl (C=O) groups excluding carboxylic acids is 1. The molecule has 0 radical (unpaired) electrons. The van der Waals surface area contributed by atoms with Crippen LogP contribution in [0.15, 0.2) is 40.9 Å². The van der Waals surface area contributed by atoms with Crippen LogP contribution < -0.4 is 5.32 Å². The SMILES string of the molecule is CC(=O)Nc1cc2onc(CCc3sc(-c4ccccc4C(F)(F)F)nc3C(C)C)c2cc1C. The van der Waals surface area contributed by atoms with E-state index >= 15 is 0 Å². The van der Waals surface area contributed by atoms with Crippen molar-refractivity contribution in [2.75, 3.05) is 5.32 Å². The summed E-state index contributed by atoms with van der Waals surface area (Å²) in [5.74, 6) is -0.106. The topological polar surface area (TPSA) is 68.0 Å². The van der Waals surface area contributed by atoms with Gasteiger partial charge in [0, 0.05) is 34.5 Å². The number of aryl methyl sites for hydroxylation is 3. The number of benzene rings is 2. The molecule has 1 amide bonds. The number of fused-ring (bicyclic) bond motifs is 1.